The molecule has 0 aliphatic carbocycles. The number of nitrogens with zero attached hydrogens (tertiary/aromatic N) is 4. The number of fused-ring (bicyclic) bond motifs is 1. The molecule has 4 amide bonds. The number of methoxy groups -OCH3 is 1. The van der Waals surface area contributed by atoms with Crippen LogP contribution in [-0.4, -0.2) is 94.6 Å². The van der Waals surface area contributed by atoms with Gasteiger partial charge in [0.15, 0.2) is 0 Å². The molecule has 1 aromatic heterocycles. The minimum absolute atomic E-state index is 0.259. The first-order chi connectivity index (χ1) is 20.0. The topological polar surface area (TPSA) is 166 Å². The zero-order valence-corrected chi connectivity index (χ0v) is 26.6. The highest BCUT2D eigenvalue weighted by Gasteiger charge is 2.43. The molecule has 1 aromatic carbocycles. The Bertz CT molecular complexity index is 1370. The highest BCUT2D eigenvalue weighted by atomic mass is 16.5. The predicted molar refractivity (Wildman–Crippen MR) is 164 cm³/mol. The van der Waals surface area contributed by atoms with E-state index in [1.807, 2.05) is 41.5 Å². The van der Waals surface area contributed by atoms with Gasteiger partial charge < -0.3 is 30.7 Å². The van der Waals surface area contributed by atoms with Crippen LogP contribution in [0.4, 0.5) is 16.3 Å². The number of likely N-dealkylation sites (N-methyl/N-ethyl adjacent to an activating group) is 1. The molecular formula is C30H45N7O6. The van der Waals surface area contributed by atoms with Gasteiger partial charge in [-0.2, -0.15) is 0 Å². The zero-order chi connectivity index (χ0) is 32.3. The van der Waals surface area contributed by atoms with E-state index in [2.05, 4.69) is 25.9 Å². The molecule has 3 rings (SSSR count). The van der Waals surface area contributed by atoms with Gasteiger partial charge in [0.1, 0.15) is 36.0 Å². The van der Waals surface area contributed by atoms with Crippen LogP contribution in [0.15, 0.2) is 18.5 Å². The highest BCUT2D eigenvalue weighted by molar-refractivity contribution is 6.03. The number of rotatable bonds is 9. The van der Waals surface area contributed by atoms with Gasteiger partial charge in [-0.15, -0.1) is 0 Å². The van der Waals surface area contributed by atoms with Gasteiger partial charge in [0.05, 0.1) is 18.3 Å². The number of amides is 4. The Kier molecular flexibility index (Phi) is 10.1. The van der Waals surface area contributed by atoms with Crippen molar-refractivity contribution < 1.29 is 29.0 Å². The summed E-state index contributed by atoms with van der Waals surface area (Å²) in [7, 11) is 4.58. The lowest BCUT2D eigenvalue weighted by Crippen LogP contribution is -2.60. The maximum Gasteiger partial charge on any atom is 0.407 e. The first-order valence-corrected chi connectivity index (χ1v) is 14.4. The van der Waals surface area contributed by atoms with Crippen LogP contribution in [0, 0.1) is 10.8 Å². The van der Waals surface area contributed by atoms with Gasteiger partial charge in [0.2, 0.25) is 17.7 Å². The summed E-state index contributed by atoms with van der Waals surface area (Å²) >= 11 is 0. The van der Waals surface area contributed by atoms with Gasteiger partial charge in [-0.05, 0) is 36.2 Å². The summed E-state index contributed by atoms with van der Waals surface area (Å²) in [5, 5.41) is 19.1. The molecule has 0 bridgehead atoms. The van der Waals surface area contributed by atoms with Crippen LogP contribution in [0.3, 0.4) is 0 Å². The van der Waals surface area contributed by atoms with Crippen LogP contribution in [-0.2, 0) is 14.4 Å². The minimum Gasteiger partial charge on any atom is -0.494 e. The molecule has 13 heteroatoms. The first kappa shape index (κ1) is 33.3. The standard InChI is InChI=1S/C30H45N7O6/c1-29(2,3)15-21(36(8)28(41)42)26(39)35-23(30(4,5)6)27(40)37-12-10-11-20(37)25(38)34-19-13-17-18(14-22(19)43-9)32-16-33-24(17)31-7/h13-14,16,20-21,23H,10-12,15H2,1-9H3,(H,34,38)(H,35,39)(H,41,42)(H,31,32,33)/t20-,21-,23+/m0/s1. The van der Waals surface area contributed by atoms with E-state index in [1.165, 1.54) is 25.4 Å². The second-order valence-electron chi connectivity index (χ2n) is 13.2. The molecule has 1 saturated heterocycles. The Hall–Kier alpha value is -4.16. The number of carboxylic acid groups (broad SMARTS) is 1. The second-order valence-corrected chi connectivity index (χ2v) is 13.2. The molecule has 0 radical (unpaired) electrons. The van der Waals surface area contributed by atoms with Crippen molar-refractivity contribution in [3.8, 4) is 5.75 Å². The van der Waals surface area contributed by atoms with E-state index in [9.17, 15) is 24.3 Å². The quantitative estimate of drug-likeness (QED) is 0.337. The minimum atomic E-state index is -1.24. The Morgan fingerprint density at radius 3 is 2.37 bits per heavy atom. The third kappa shape index (κ3) is 7.82. The van der Waals surface area contributed by atoms with Gasteiger partial charge in [0, 0.05) is 32.1 Å². The maximum absolute atomic E-state index is 14.0. The van der Waals surface area contributed by atoms with Crippen LogP contribution < -0.4 is 20.7 Å². The van der Waals surface area contributed by atoms with E-state index < -0.39 is 41.4 Å². The SMILES string of the molecule is CNc1ncnc2cc(OC)c(NC(=O)[C@@H]3CCCN3C(=O)[C@@H](NC(=O)[C@H](CC(C)(C)C)N(C)C(=O)O)C(C)(C)C)cc12. The molecule has 0 spiro atoms. The molecule has 236 valence electrons. The molecule has 2 heterocycles. The normalized spacial score (nSPS) is 16.8. The highest BCUT2D eigenvalue weighted by Crippen LogP contribution is 2.33. The smallest absolute Gasteiger partial charge is 0.407 e. The molecule has 1 fully saturated rings. The fraction of sp³-hybridized carbons (Fsp3) is 0.600. The second kappa shape index (κ2) is 13.0. The van der Waals surface area contributed by atoms with Gasteiger partial charge in [-0.25, -0.2) is 14.8 Å². The summed E-state index contributed by atoms with van der Waals surface area (Å²) in [4.78, 5) is 64.0. The number of anilines is 2. The fourth-order valence-electron chi connectivity index (χ4n) is 5.24. The molecule has 3 atom stereocenters. The van der Waals surface area contributed by atoms with E-state index in [0.717, 1.165) is 4.90 Å². The summed E-state index contributed by atoms with van der Waals surface area (Å²) in [6.07, 6.45) is 1.50. The number of carbonyl (C=O) groups is 4. The Morgan fingerprint density at radius 2 is 1.81 bits per heavy atom. The van der Waals surface area contributed by atoms with Crippen LogP contribution >= 0.6 is 0 Å². The number of ether oxygens (including phenoxy) is 1. The fourth-order valence-corrected chi connectivity index (χ4v) is 5.24. The third-order valence-electron chi connectivity index (χ3n) is 7.57. The number of carbonyl (C=O) groups excluding carboxylic acids is 3. The molecule has 1 aliphatic heterocycles. The lowest BCUT2D eigenvalue weighted by atomic mass is 9.84. The van der Waals surface area contributed by atoms with E-state index in [-0.39, 0.29) is 17.7 Å². The number of aromatic nitrogens is 2. The number of hydrogen-bond acceptors (Lipinski definition) is 8. The van der Waals surface area contributed by atoms with Crippen LogP contribution in [0.5, 0.6) is 5.75 Å². The van der Waals surface area contributed by atoms with Crippen LogP contribution in [0.1, 0.15) is 60.8 Å². The molecule has 43 heavy (non-hydrogen) atoms. The maximum atomic E-state index is 14.0. The number of nitrogens with one attached hydrogen (secondary N) is 3. The van der Waals surface area contributed by atoms with Crippen molar-refractivity contribution in [3.63, 3.8) is 0 Å². The number of benzene rings is 1. The molecule has 13 nitrogen and oxygen atoms in total. The van der Waals surface area contributed by atoms with Crippen LogP contribution in [0.2, 0.25) is 0 Å². The molecule has 0 unspecified atom stereocenters. The molecule has 1 aliphatic rings. The summed E-state index contributed by atoms with van der Waals surface area (Å²) in [6, 6.07) is 0.657. The Balaban J connectivity index is 1.88. The number of likely N-dealkylation sites (tertiary alicyclic amines) is 1. The van der Waals surface area contributed by atoms with Gasteiger partial charge in [-0.1, -0.05) is 41.5 Å². The van der Waals surface area contributed by atoms with E-state index in [1.54, 1.807) is 19.2 Å². The van der Waals surface area contributed by atoms with E-state index >= 15 is 0 Å². The average molecular weight is 600 g/mol. The summed E-state index contributed by atoms with van der Waals surface area (Å²) in [5.41, 5.74) is -0.0354. The van der Waals surface area contributed by atoms with Crippen molar-refractivity contribution in [2.24, 2.45) is 10.8 Å². The zero-order valence-electron chi connectivity index (χ0n) is 26.6. The van der Waals surface area contributed by atoms with Crippen molar-refractivity contribution in [3.05, 3.63) is 18.5 Å². The average Bonchev–Trinajstić information content (AvgIpc) is 3.42. The molecular weight excluding hydrogens is 554 g/mol. The first-order valence-electron chi connectivity index (χ1n) is 14.4. The third-order valence-corrected chi connectivity index (χ3v) is 7.57. The van der Waals surface area contributed by atoms with Crippen molar-refractivity contribution in [2.45, 2.75) is 78.9 Å². The lowest BCUT2D eigenvalue weighted by Gasteiger charge is -2.37. The molecule has 2 aromatic rings. The van der Waals surface area contributed by atoms with Crippen molar-refractivity contribution in [2.75, 3.05) is 38.4 Å². The van der Waals surface area contributed by atoms with Gasteiger partial charge in [0.25, 0.3) is 0 Å². The summed E-state index contributed by atoms with van der Waals surface area (Å²) < 4.78 is 5.52. The summed E-state index contributed by atoms with van der Waals surface area (Å²) in [5.74, 6) is -0.353. The monoisotopic (exact) mass is 599 g/mol. The molecule has 4 N–H and O–H groups in total. The lowest BCUT2D eigenvalue weighted by molar-refractivity contribution is -0.143. The Labute approximate surface area is 252 Å². The van der Waals surface area contributed by atoms with Crippen molar-refractivity contribution >= 4 is 46.2 Å². The van der Waals surface area contributed by atoms with E-state index in [4.69, 9.17) is 4.74 Å². The summed E-state index contributed by atoms with van der Waals surface area (Å²) in [6.45, 7) is 11.6. The Morgan fingerprint density at radius 1 is 1.14 bits per heavy atom. The van der Waals surface area contributed by atoms with Crippen molar-refractivity contribution in [1.82, 2.24) is 25.1 Å². The van der Waals surface area contributed by atoms with Gasteiger partial charge in [-0.3, -0.25) is 19.3 Å². The van der Waals surface area contributed by atoms with Crippen LogP contribution in [0.25, 0.3) is 10.9 Å². The predicted octanol–water partition coefficient (Wildman–Crippen LogP) is 3.56. The van der Waals surface area contributed by atoms with E-state index in [0.29, 0.717) is 47.5 Å². The van der Waals surface area contributed by atoms with Crippen molar-refractivity contribution in [1.29, 1.82) is 0 Å². The van der Waals surface area contributed by atoms with Gasteiger partial charge >= 0.3 is 6.09 Å². The molecule has 0 saturated carbocycles. The largest absolute Gasteiger partial charge is 0.494 e. The number of hydrogen-bond donors (Lipinski definition) is 4.